The minimum atomic E-state index is 0.627. The second-order valence-electron chi connectivity index (χ2n) is 2.48. The lowest BCUT2D eigenvalue weighted by atomic mass is 10.4. The molecule has 0 radical (unpaired) electrons. The van der Waals surface area contributed by atoms with Crippen LogP contribution in [0.5, 0.6) is 0 Å². The lowest BCUT2D eigenvalue weighted by Gasteiger charge is -2.18. The van der Waals surface area contributed by atoms with E-state index in [1.165, 1.54) is 23.5 Å². The zero-order valence-electron chi connectivity index (χ0n) is 6.16. The average molecular weight is 186 g/mol. The second kappa shape index (κ2) is 3.59. The van der Waals surface area contributed by atoms with Crippen molar-refractivity contribution in [2.24, 2.45) is 0 Å². The molecule has 1 aliphatic heterocycles. The van der Waals surface area contributed by atoms with Gasteiger partial charge in [0.2, 0.25) is 0 Å². The molecule has 0 aliphatic carbocycles. The summed E-state index contributed by atoms with van der Waals surface area (Å²) in [5.74, 6) is 2.59. The maximum Gasteiger partial charge on any atom is 0.0954 e. The average Bonchev–Trinajstić information content (AvgIpc) is 2.58. The SMILES string of the molecule is c1cc(C2SCCCS2)co1. The van der Waals surface area contributed by atoms with E-state index in [1.807, 2.05) is 29.8 Å². The van der Waals surface area contributed by atoms with Crippen LogP contribution in [0.3, 0.4) is 0 Å². The van der Waals surface area contributed by atoms with E-state index in [0.717, 1.165) is 0 Å². The van der Waals surface area contributed by atoms with E-state index in [-0.39, 0.29) is 0 Å². The fraction of sp³-hybridized carbons (Fsp3) is 0.500. The maximum absolute atomic E-state index is 5.04. The van der Waals surface area contributed by atoms with Gasteiger partial charge in [0.05, 0.1) is 17.1 Å². The minimum Gasteiger partial charge on any atom is -0.472 e. The first kappa shape index (κ1) is 7.62. The Morgan fingerprint density at radius 3 is 2.82 bits per heavy atom. The molecule has 3 heteroatoms. The number of rotatable bonds is 1. The first-order chi connectivity index (χ1) is 5.47. The van der Waals surface area contributed by atoms with Crippen LogP contribution in [0.4, 0.5) is 0 Å². The molecule has 1 fully saturated rings. The third-order valence-electron chi connectivity index (χ3n) is 1.64. The third kappa shape index (κ3) is 1.76. The summed E-state index contributed by atoms with van der Waals surface area (Å²) >= 11 is 4.05. The predicted octanol–water partition coefficient (Wildman–Crippen LogP) is 3.15. The monoisotopic (exact) mass is 186 g/mol. The van der Waals surface area contributed by atoms with Gasteiger partial charge in [0.25, 0.3) is 0 Å². The van der Waals surface area contributed by atoms with Gasteiger partial charge in [-0.15, -0.1) is 23.5 Å². The van der Waals surface area contributed by atoms with Crippen molar-refractivity contribution in [3.05, 3.63) is 24.2 Å². The van der Waals surface area contributed by atoms with E-state index in [9.17, 15) is 0 Å². The van der Waals surface area contributed by atoms with Gasteiger partial charge >= 0.3 is 0 Å². The van der Waals surface area contributed by atoms with Crippen LogP contribution >= 0.6 is 23.5 Å². The third-order valence-corrected chi connectivity index (χ3v) is 4.66. The Balaban J connectivity index is 2.04. The standard InChI is InChI=1S/C8H10OS2/c1-4-10-8(11-5-1)7-2-3-9-6-7/h2-3,6,8H,1,4-5H2. The highest BCUT2D eigenvalue weighted by Crippen LogP contribution is 2.43. The van der Waals surface area contributed by atoms with Crippen molar-refractivity contribution in [1.29, 1.82) is 0 Å². The predicted molar refractivity (Wildman–Crippen MR) is 51.0 cm³/mol. The largest absolute Gasteiger partial charge is 0.472 e. The van der Waals surface area contributed by atoms with E-state index in [2.05, 4.69) is 6.07 Å². The van der Waals surface area contributed by atoms with Gasteiger partial charge in [-0.2, -0.15) is 0 Å². The van der Waals surface area contributed by atoms with Crippen molar-refractivity contribution in [3.63, 3.8) is 0 Å². The molecule has 60 valence electrons. The van der Waals surface area contributed by atoms with Crippen LogP contribution in [0.15, 0.2) is 23.0 Å². The summed E-state index contributed by atoms with van der Waals surface area (Å²) in [7, 11) is 0. The van der Waals surface area contributed by atoms with Crippen molar-refractivity contribution in [2.45, 2.75) is 11.0 Å². The Hall–Kier alpha value is -0.0200. The molecular weight excluding hydrogens is 176 g/mol. The quantitative estimate of drug-likeness (QED) is 0.669. The first-order valence-electron chi connectivity index (χ1n) is 3.72. The van der Waals surface area contributed by atoms with Gasteiger partial charge in [0.1, 0.15) is 0 Å². The lowest BCUT2D eigenvalue weighted by Crippen LogP contribution is -1.98. The molecule has 0 N–H and O–H groups in total. The van der Waals surface area contributed by atoms with Crippen LogP contribution in [0.2, 0.25) is 0 Å². The van der Waals surface area contributed by atoms with Crippen LogP contribution in [-0.2, 0) is 0 Å². The molecule has 1 nitrogen and oxygen atoms in total. The molecule has 0 amide bonds. The minimum absolute atomic E-state index is 0.627. The molecule has 0 spiro atoms. The summed E-state index contributed by atoms with van der Waals surface area (Å²) in [5.41, 5.74) is 1.33. The Labute approximate surface area is 74.9 Å². The number of furan rings is 1. The number of thioether (sulfide) groups is 2. The Bertz CT molecular complexity index is 202. The molecule has 1 aromatic heterocycles. The van der Waals surface area contributed by atoms with Gasteiger partial charge in [-0.1, -0.05) is 0 Å². The summed E-state index contributed by atoms with van der Waals surface area (Å²) < 4.78 is 5.67. The highest BCUT2D eigenvalue weighted by Gasteiger charge is 2.16. The van der Waals surface area contributed by atoms with Crippen LogP contribution in [-0.4, -0.2) is 11.5 Å². The van der Waals surface area contributed by atoms with Gasteiger partial charge in [-0.25, -0.2) is 0 Å². The van der Waals surface area contributed by atoms with Crippen molar-refractivity contribution in [3.8, 4) is 0 Å². The maximum atomic E-state index is 5.04. The fourth-order valence-electron chi connectivity index (χ4n) is 1.09. The second-order valence-corrected chi connectivity index (χ2v) is 5.21. The molecule has 1 aromatic rings. The smallest absolute Gasteiger partial charge is 0.0954 e. The van der Waals surface area contributed by atoms with Gasteiger partial charge in [-0.05, 0) is 24.0 Å². The molecule has 2 heterocycles. The Morgan fingerprint density at radius 2 is 2.18 bits per heavy atom. The van der Waals surface area contributed by atoms with Crippen molar-refractivity contribution >= 4 is 23.5 Å². The van der Waals surface area contributed by atoms with Gasteiger partial charge < -0.3 is 4.42 Å². The molecule has 1 aliphatic rings. The van der Waals surface area contributed by atoms with Gasteiger partial charge in [-0.3, -0.25) is 0 Å². The fourth-order valence-corrected chi connectivity index (χ4v) is 3.94. The number of hydrogen-bond acceptors (Lipinski definition) is 3. The number of hydrogen-bond donors (Lipinski definition) is 0. The van der Waals surface area contributed by atoms with Crippen LogP contribution < -0.4 is 0 Å². The molecule has 0 bridgehead atoms. The van der Waals surface area contributed by atoms with Crippen LogP contribution in [0, 0.1) is 0 Å². The van der Waals surface area contributed by atoms with E-state index in [1.54, 1.807) is 6.26 Å². The van der Waals surface area contributed by atoms with Crippen molar-refractivity contribution in [1.82, 2.24) is 0 Å². The summed E-state index contributed by atoms with van der Waals surface area (Å²) in [4.78, 5) is 0. The molecule has 2 rings (SSSR count). The van der Waals surface area contributed by atoms with Crippen LogP contribution in [0.1, 0.15) is 16.6 Å². The highest BCUT2D eigenvalue weighted by atomic mass is 32.2. The van der Waals surface area contributed by atoms with E-state index < -0.39 is 0 Å². The summed E-state index contributed by atoms with van der Waals surface area (Å²) in [6.45, 7) is 0. The van der Waals surface area contributed by atoms with E-state index in [0.29, 0.717) is 4.58 Å². The molecule has 0 atom stereocenters. The Kier molecular flexibility index (Phi) is 2.48. The molecule has 11 heavy (non-hydrogen) atoms. The van der Waals surface area contributed by atoms with Crippen molar-refractivity contribution < 1.29 is 4.42 Å². The molecule has 0 unspecified atom stereocenters. The van der Waals surface area contributed by atoms with Gasteiger partial charge in [0.15, 0.2) is 0 Å². The normalized spacial score (nSPS) is 20.4. The molecule has 0 aromatic carbocycles. The molecule has 0 saturated carbocycles. The highest BCUT2D eigenvalue weighted by molar-refractivity contribution is 8.16. The zero-order valence-corrected chi connectivity index (χ0v) is 7.79. The van der Waals surface area contributed by atoms with Crippen molar-refractivity contribution in [2.75, 3.05) is 11.5 Å². The topological polar surface area (TPSA) is 13.1 Å². The first-order valence-corrected chi connectivity index (χ1v) is 5.82. The molecule has 1 saturated heterocycles. The van der Waals surface area contributed by atoms with Crippen LogP contribution in [0.25, 0.3) is 0 Å². The lowest BCUT2D eigenvalue weighted by molar-refractivity contribution is 0.565. The summed E-state index contributed by atoms with van der Waals surface area (Å²) in [6, 6.07) is 2.07. The summed E-state index contributed by atoms with van der Waals surface area (Å²) in [6.07, 6.45) is 4.96. The summed E-state index contributed by atoms with van der Waals surface area (Å²) in [5, 5.41) is 0. The van der Waals surface area contributed by atoms with E-state index in [4.69, 9.17) is 4.42 Å². The Morgan fingerprint density at radius 1 is 1.36 bits per heavy atom. The van der Waals surface area contributed by atoms with Gasteiger partial charge in [0, 0.05) is 5.56 Å². The van der Waals surface area contributed by atoms with E-state index >= 15 is 0 Å². The zero-order chi connectivity index (χ0) is 7.52. The molecular formula is C8H10OS2.